The molecule has 1 atom stereocenters. The van der Waals surface area contributed by atoms with Crippen LogP contribution >= 0.6 is 0 Å². The summed E-state index contributed by atoms with van der Waals surface area (Å²) in [6, 6.07) is 17.7. The van der Waals surface area contributed by atoms with Crippen LogP contribution in [0.2, 0.25) is 0 Å². The lowest BCUT2D eigenvalue weighted by atomic mass is 9.80. The topological polar surface area (TPSA) is 87.7 Å². The molecule has 2 aromatic rings. The van der Waals surface area contributed by atoms with Crippen molar-refractivity contribution in [1.82, 2.24) is 10.6 Å². The van der Waals surface area contributed by atoms with Gasteiger partial charge in [-0.25, -0.2) is 0 Å². The van der Waals surface area contributed by atoms with Gasteiger partial charge in [0.05, 0.1) is 12.3 Å². The maximum atomic E-state index is 12.9. The Morgan fingerprint density at radius 2 is 1.76 bits per heavy atom. The first-order valence-electron chi connectivity index (χ1n) is 10.1. The van der Waals surface area contributed by atoms with Gasteiger partial charge in [0, 0.05) is 6.54 Å². The number of carboxylic acids is 1. The zero-order valence-corrected chi connectivity index (χ0v) is 16.5. The largest absolute Gasteiger partial charge is 0.489 e. The second kappa shape index (κ2) is 10.6. The van der Waals surface area contributed by atoms with Crippen molar-refractivity contribution >= 4 is 11.9 Å². The average molecular weight is 396 g/mol. The summed E-state index contributed by atoms with van der Waals surface area (Å²) in [6.45, 7) is 2.42. The van der Waals surface area contributed by atoms with Crippen LogP contribution in [-0.2, 0) is 16.2 Å². The first-order valence-corrected chi connectivity index (χ1v) is 10.1. The lowest BCUT2D eigenvalue weighted by Gasteiger charge is -2.30. The monoisotopic (exact) mass is 396 g/mol. The number of hydrogen-bond donors (Lipinski definition) is 3. The number of ether oxygens (including phenoxy) is 1. The van der Waals surface area contributed by atoms with Gasteiger partial charge in [-0.05, 0) is 55.1 Å². The Balaban J connectivity index is 1.67. The standard InChI is InChI=1S/C23H28N2O4/c26-21(27)12-15-25-23(28)22(19-10-13-24-14-11-19)18-6-8-20(9-7-18)29-16-17-4-2-1-3-5-17/h1-9,19,22,24H,10-16H2,(H,25,28)(H,26,27)/t22-/m1/s1. The highest BCUT2D eigenvalue weighted by Gasteiger charge is 2.30. The number of rotatable bonds is 9. The zero-order valence-electron chi connectivity index (χ0n) is 16.5. The number of hydrogen-bond acceptors (Lipinski definition) is 4. The van der Waals surface area contributed by atoms with Crippen LogP contribution in [0.5, 0.6) is 5.75 Å². The van der Waals surface area contributed by atoms with Crippen LogP contribution in [0.4, 0.5) is 0 Å². The summed E-state index contributed by atoms with van der Waals surface area (Å²) >= 11 is 0. The van der Waals surface area contributed by atoms with Crippen LogP contribution in [0.3, 0.4) is 0 Å². The van der Waals surface area contributed by atoms with Gasteiger partial charge in [0.25, 0.3) is 0 Å². The molecular weight excluding hydrogens is 368 g/mol. The fourth-order valence-corrected chi connectivity index (χ4v) is 3.73. The highest BCUT2D eigenvalue weighted by molar-refractivity contribution is 5.84. The van der Waals surface area contributed by atoms with Crippen LogP contribution in [0.25, 0.3) is 0 Å². The van der Waals surface area contributed by atoms with E-state index in [1.807, 2.05) is 54.6 Å². The quantitative estimate of drug-likeness (QED) is 0.607. The van der Waals surface area contributed by atoms with Crippen molar-refractivity contribution in [2.75, 3.05) is 19.6 Å². The van der Waals surface area contributed by atoms with Gasteiger partial charge >= 0.3 is 5.97 Å². The molecule has 1 saturated heterocycles. The lowest BCUT2D eigenvalue weighted by Crippen LogP contribution is -2.39. The fourth-order valence-electron chi connectivity index (χ4n) is 3.73. The minimum Gasteiger partial charge on any atom is -0.489 e. The summed E-state index contributed by atoms with van der Waals surface area (Å²) in [7, 11) is 0. The third kappa shape index (κ3) is 6.32. The molecule has 0 radical (unpaired) electrons. The SMILES string of the molecule is O=C(O)CCNC(=O)[C@H](c1ccc(OCc2ccccc2)cc1)C1CCNCC1. The molecular formula is C23H28N2O4. The summed E-state index contributed by atoms with van der Waals surface area (Å²) in [6.07, 6.45) is 1.77. The zero-order chi connectivity index (χ0) is 20.5. The van der Waals surface area contributed by atoms with E-state index in [0.29, 0.717) is 6.61 Å². The molecule has 0 unspecified atom stereocenters. The van der Waals surface area contributed by atoms with Gasteiger partial charge < -0.3 is 20.5 Å². The van der Waals surface area contributed by atoms with Gasteiger partial charge in [-0.2, -0.15) is 0 Å². The Morgan fingerprint density at radius 1 is 1.07 bits per heavy atom. The van der Waals surface area contributed by atoms with Gasteiger partial charge in [0.2, 0.25) is 5.91 Å². The van der Waals surface area contributed by atoms with E-state index in [-0.39, 0.29) is 30.7 Å². The molecule has 1 aliphatic rings. The molecule has 6 nitrogen and oxygen atoms in total. The second-order valence-electron chi connectivity index (χ2n) is 7.34. The molecule has 3 rings (SSSR count). The van der Waals surface area contributed by atoms with E-state index in [1.165, 1.54) is 0 Å². The van der Waals surface area contributed by atoms with Gasteiger partial charge in [-0.3, -0.25) is 9.59 Å². The highest BCUT2D eigenvalue weighted by atomic mass is 16.5. The molecule has 154 valence electrons. The first-order chi connectivity index (χ1) is 14.1. The molecule has 0 aliphatic carbocycles. The van der Waals surface area contributed by atoms with E-state index in [0.717, 1.165) is 42.8 Å². The number of carboxylic acid groups (broad SMARTS) is 1. The summed E-state index contributed by atoms with van der Waals surface area (Å²) in [5.41, 5.74) is 2.04. The molecule has 0 spiro atoms. The van der Waals surface area contributed by atoms with Crippen molar-refractivity contribution in [3.8, 4) is 5.75 Å². The number of benzene rings is 2. The smallest absolute Gasteiger partial charge is 0.305 e. The van der Waals surface area contributed by atoms with E-state index < -0.39 is 5.97 Å². The minimum atomic E-state index is -0.913. The van der Waals surface area contributed by atoms with Gasteiger partial charge in [0.1, 0.15) is 12.4 Å². The molecule has 3 N–H and O–H groups in total. The van der Waals surface area contributed by atoms with E-state index in [1.54, 1.807) is 0 Å². The van der Waals surface area contributed by atoms with Crippen molar-refractivity contribution in [2.24, 2.45) is 5.92 Å². The number of carbonyl (C=O) groups is 2. The average Bonchev–Trinajstić information content (AvgIpc) is 2.75. The van der Waals surface area contributed by atoms with E-state index in [2.05, 4.69) is 10.6 Å². The van der Waals surface area contributed by atoms with Crippen LogP contribution in [-0.4, -0.2) is 36.6 Å². The molecule has 29 heavy (non-hydrogen) atoms. The van der Waals surface area contributed by atoms with Crippen LogP contribution in [0.1, 0.15) is 36.3 Å². The third-order valence-corrected chi connectivity index (χ3v) is 5.26. The molecule has 1 amide bonds. The molecule has 6 heteroatoms. The predicted octanol–water partition coefficient (Wildman–Crippen LogP) is 2.94. The molecule has 0 bridgehead atoms. The number of amides is 1. The van der Waals surface area contributed by atoms with Crippen molar-refractivity contribution in [3.05, 3.63) is 65.7 Å². The van der Waals surface area contributed by atoms with E-state index in [4.69, 9.17) is 9.84 Å². The van der Waals surface area contributed by atoms with Crippen molar-refractivity contribution < 1.29 is 19.4 Å². The predicted molar refractivity (Wildman–Crippen MR) is 111 cm³/mol. The Labute approximate surface area is 171 Å². The van der Waals surface area contributed by atoms with Crippen molar-refractivity contribution in [2.45, 2.75) is 31.8 Å². The Bertz CT molecular complexity index is 786. The normalized spacial score (nSPS) is 15.4. The molecule has 1 heterocycles. The minimum absolute atomic E-state index is 0.0725. The maximum Gasteiger partial charge on any atom is 0.305 e. The Morgan fingerprint density at radius 3 is 2.41 bits per heavy atom. The molecule has 1 fully saturated rings. The highest BCUT2D eigenvalue weighted by Crippen LogP contribution is 2.32. The molecule has 2 aromatic carbocycles. The van der Waals surface area contributed by atoms with Gasteiger partial charge in [-0.1, -0.05) is 42.5 Å². The first kappa shape index (κ1) is 20.9. The van der Waals surface area contributed by atoms with Gasteiger partial charge in [-0.15, -0.1) is 0 Å². The number of piperidine rings is 1. The summed E-state index contributed by atoms with van der Waals surface area (Å²) in [5, 5.41) is 15.0. The Kier molecular flexibility index (Phi) is 7.64. The van der Waals surface area contributed by atoms with Gasteiger partial charge in [0.15, 0.2) is 0 Å². The summed E-state index contributed by atoms with van der Waals surface area (Å²) in [4.78, 5) is 23.6. The maximum absolute atomic E-state index is 12.9. The molecule has 1 aliphatic heterocycles. The van der Waals surface area contributed by atoms with E-state index in [9.17, 15) is 9.59 Å². The summed E-state index contributed by atoms with van der Waals surface area (Å²) < 4.78 is 5.85. The lowest BCUT2D eigenvalue weighted by molar-refractivity contribution is -0.137. The fraction of sp³-hybridized carbons (Fsp3) is 0.391. The van der Waals surface area contributed by atoms with Crippen molar-refractivity contribution in [1.29, 1.82) is 0 Å². The molecule has 0 aromatic heterocycles. The molecule has 0 saturated carbocycles. The third-order valence-electron chi connectivity index (χ3n) is 5.26. The number of nitrogens with one attached hydrogen (secondary N) is 2. The summed E-state index contributed by atoms with van der Waals surface area (Å²) in [5.74, 6) is -0.307. The van der Waals surface area contributed by atoms with E-state index >= 15 is 0 Å². The second-order valence-corrected chi connectivity index (χ2v) is 7.34. The Hall–Kier alpha value is -2.86. The number of carbonyl (C=O) groups excluding carboxylic acids is 1. The van der Waals surface area contributed by atoms with Crippen molar-refractivity contribution in [3.63, 3.8) is 0 Å². The van der Waals surface area contributed by atoms with Crippen LogP contribution in [0.15, 0.2) is 54.6 Å². The van der Waals surface area contributed by atoms with Crippen LogP contribution in [0, 0.1) is 5.92 Å². The number of aliphatic carboxylic acids is 1. The van der Waals surface area contributed by atoms with Crippen LogP contribution < -0.4 is 15.4 Å².